The Balaban J connectivity index is 2.43. The van der Waals surface area contributed by atoms with Gasteiger partial charge in [-0.05, 0) is 17.7 Å². The summed E-state index contributed by atoms with van der Waals surface area (Å²) >= 11 is 18.8. The molecule has 0 aliphatic rings. The van der Waals surface area contributed by atoms with Gasteiger partial charge in [-0.3, -0.25) is 0 Å². The van der Waals surface area contributed by atoms with E-state index in [2.05, 4.69) is 0 Å². The second-order valence-corrected chi connectivity index (χ2v) is 6.28. The highest BCUT2D eigenvalue weighted by Crippen LogP contribution is 2.38. The van der Waals surface area contributed by atoms with Crippen molar-refractivity contribution in [2.24, 2.45) is 0 Å². The van der Waals surface area contributed by atoms with Gasteiger partial charge in [0.15, 0.2) is 0 Å². The van der Waals surface area contributed by atoms with E-state index in [9.17, 15) is 4.79 Å². The number of hydrogen-bond acceptors (Lipinski definition) is 2. The first-order valence-electron chi connectivity index (χ1n) is 4.93. The first kappa shape index (κ1) is 13.7. The summed E-state index contributed by atoms with van der Waals surface area (Å²) in [6.45, 7) is 0. The molecule has 0 atom stereocenters. The van der Waals surface area contributed by atoms with E-state index < -0.39 is 5.97 Å². The zero-order valence-electron chi connectivity index (χ0n) is 8.91. The Kier molecular flexibility index (Phi) is 4.17. The van der Waals surface area contributed by atoms with E-state index in [1.54, 1.807) is 18.2 Å². The van der Waals surface area contributed by atoms with Crippen molar-refractivity contribution in [1.29, 1.82) is 0 Å². The first-order valence-corrected chi connectivity index (χ1v) is 6.88. The summed E-state index contributed by atoms with van der Waals surface area (Å²) in [5.41, 5.74) is 1.49. The second-order valence-electron chi connectivity index (χ2n) is 3.61. The summed E-state index contributed by atoms with van der Waals surface area (Å²) in [5.74, 6) is -1.07. The minimum Gasteiger partial charge on any atom is -0.478 e. The van der Waals surface area contributed by atoms with Crippen LogP contribution in [0, 0.1) is 0 Å². The minimum atomic E-state index is -1.07. The standard InChI is InChI=1S/C12H7Cl3O2S/c13-7-3-1-2-6(4-7)5-8-9(12(16)17)11(15)18-10(8)14/h1-4H,5H2,(H,16,17). The van der Waals surface area contributed by atoms with E-state index in [0.29, 0.717) is 21.3 Å². The Morgan fingerprint density at radius 2 is 1.94 bits per heavy atom. The van der Waals surface area contributed by atoms with Crippen LogP contribution in [0.1, 0.15) is 21.5 Å². The lowest BCUT2D eigenvalue weighted by Gasteiger charge is -2.03. The molecule has 18 heavy (non-hydrogen) atoms. The van der Waals surface area contributed by atoms with Gasteiger partial charge in [-0.1, -0.05) is 46.9 Å². The number of carbonyl (C=O) groups is 1. The molecule has 0 saturated carbocycles. The SMILES string of the molecule is O=C(O)c1c(Cl)sc(Cl)c1Cc1cccc(Cl)c1. The van der Waals surface area contributed by atoms with Crippen molar-refractivity contribution in [2.75, 3.05) is 0 Å². The summed E-state index contributed by atoms with van der Waals surface area (Å²) in [7, 11) is 0. The number of hydrogen-bond donors (Lipinski definition) is 1. The summed E-state index contributed by atoms with van der Waals surface area (Å²) in [6.07, 6.45) is 0.393. The topological polar surface area (TPSA) is 37.3 Å². The van der Waals surface area contributed by atoms with Crippen LogP contribution in [-0.4, -0.2) is 11.1 Å². The van der Waals surface area contributed by atoms with Crippen molar-refractivity contribution in [3.8, 4) is 0 Å². The Labute approximate surface area is 123 Å². The van der Waals surface area contributed by atoms with Gasteiger partial charge in [0, 0.05) is 17.0 Å². The molecule has 0 fully saturated rings. The number of benzene rings is 1. The van der Waals surface area contributed by atoms with Gasteiger partial charge in [-0.15, -0.1) is 11.3 Å². The molecule has 0 aliphatic carbocycles. The van der Waals surface area contributed by atoms with E-state index in [-0.39, 0.29) is 9.90 Å². The van der Waals surface area contributed by atoms with Crippen LogP contribution in [0.4, 0.5) is 0 Å². The van der Waals surface area contributed by atoms with Gasteiger partial charge in [0.25, 0.3) is 0 Å². The second kappa shape index (κ2) is 5.49. The zero-order chi connectivity index (χ0) is 13.3. The molecule has 0 amide bonds. The molecule has 0 saturated heterocycles. The molecule has 6 heteroatoms. The van der Waals surface area contributed by atoms with Crippen LogP contribution in [0.15, 0.2) is 24.3 Å². The van der Waals surface area contributed by atoms with Crippen LogP contribution in [0.2, 0.25) is 13.7 Å². The molecular formula is C12H7Cl3O2S. The zero-order valence-corrected chi connectivity index (χ0v) is 12.0. The maximum absolute atomic E-state index is 11.2. The van der Waals surface area contributed by atoms with E-state index in [4.69, 9.17) is 39.9 Å². The molecule has 1 aromatic heterocycles. The summed E-state index contributed by atoms with van der Waals surface area (Å²) in [5, 5.41) is 9.73. The third-order valence-electron chi connectivity index (χ3n) is 2.40. The molecule has 0 bridgehead atoms. The molecule has 94 valence electrons. The van der Waals surface area contributed by atoms with Crippen molar-refractivity contribution >= 4 is 52.1 Å². The van der Waals surface area contributed by atoms with Gasteiger partial charge < -0.3 is 5.11 Å². The van der Waals surface area contributed by atoms with Crippen LogP contribution >= 0.6 is 46.1 Å². The van der Waals surface area contributed by atoms with E-state index >= 15 is 0 Å². The van der Waals surface area contributed by atoms with Crippen molar-refractivity contribution in [1.82, 2.24) is 0 Å². The molecule has 1 aromatic carbocycles. The lowest BCUT2D eigenvalue weighted by Crippen LogP contribution is -2.01. The van der Waals surface area contributed by atoms with Gasteiger partial charge in [-0.25, -0.2) is 4.79 Å². The van der Waals surface area contributed by atoms with Crippen molar-refractivity contribution < 1.29 is 9.90 Å². The molecule has 0 spiro atoms. The van der Waals surface area contributed by atoms with E-state index in [0.717, 1.165) is 16.9 Å². The molecular weight excluding hydrogens is 315 g/mol. The van der Waals surface area contributed by atoms with Crippen LogP contribution in [0.3, 0.4) is 0 Å². The first-order chi connectivity index (χ1) is 8.49. The lowest BCUT2D eigenvalue weighted by atomic mass is 10.0. The van der Waals surface area contributed by atoms with Crippen LogP contribution < -0.4 is 0 Å². The molecule has 1 heterocycles. The highest BCUT2D eigenvalue weighted by Gasteiger charge is 2.21. The smallest absolute Gasteiger partial charge is 0.338 e. The summed E-state index contributed by atoms with van der Waals surface area (Å²) in [4.78, 5) is 11.2. The summed E-state index contributed by atoms with van der Waals surface area (Å²) < 4.78 is 0.599. The lowest BCUT2D eigenvalue weighted by molar-refractivity contribution is 0.0696. The maximum atomic E-state index is 11.2. The van der Waals surface area contributed by atoms with Crippen LogP contribution in [0.5, 0.6) is 0 Å². The van der Waals surface area contributed by atoms with Crippen LogP contribution in [0.25, 0.3) is 0 Å². The fourth-order valence-corrected chi connectivity index (χ4v) is 3.55. The number of aromatic carboxylic acids is 1. The number of carboxylic acid groups (broad SMARTS) is 1. The molecule has 1 N–H and O–H groups in total. The monoisotopic (exact) mass is 320 g/mol. The van der Waals surface area contributed by atoms with E-state index in [1.165, 1.54) is 0 Å². The molecule has 0 aliphatic heterocycles. The van der Waals surface area contributed by atoms with Gasteiger partial charge in [0.05, 0.1) is 9.90 Å². The molecule has 2 aromatic rings. The van der Waals surface area contributed by atoms with E-state index in [1.807, 2.05) is 6.07 Å². The van der Waals surface area contributed by atoms with Crippen molar-refractivity contribution in [3.63, 3.8) is 0 Å². The molecule has 2 nitrogen and oxygen atoms in total. The Bertz CT molecular complexity index is 607. The van der Waals surface area contributed by atoms with Gasteiger partial charge in [0.2, 0.25) is 0 Å². The normalized spacial score (nSPS) is 10.6. The fourth-order valence-electron chi connectivity index (χ4n) is 1.63. The number of carboxylic acids is 1. The Hall–Kier alpha value is -0.740. The fraction of sp³-hybridized carbons (Fsp3) is 0.0833. The van der Waals surface area contributed by atoms with Gasteiger partial charge in [-0.2, -0.15) is 0 Å². The number of rotatable bonds is 3. The predicted molar refractivity (Wildman–Crippen MR) is 75.6 cm³/mol. The molecule has 2 rings (SSSR count). The maximum Gasteiger partial charge on any atom is 0.338 e. The predicted octanol–water partition coefficient (Wildman–Crippen LogP) is 5.00. The highest BCUT2D eigenvalue weighted by atomic mass is 35.5. The third-order valence-corrected chi connectivity index (χ3v) is 4.32. The van der Waals surface area contributed by atoms with Crippen LogP contribution in [-0.2, 0) is 6.42 Å². The number of thiophene rings is 1. The number of halogens is 3. The van der Waals surface area contributed by atoms with Gasteiger partial charge >= 0.3 is 5.97 Å². The van der Waals surface area contributed by atoms with Crippen molar-refractivity contribution in [2.45, 2.75) is 6.42 Å². The molecule has 0 radical (unpaired) electrons. The Morgan fingerprint density at radius 3 is 2.56 bits per heavy atom. The Morgan fingerprint density at radius 1 is 1.22 bits per heavy atom. The third kappa shape index (κ3) is 2.81. The molecule has 0 unspecified atom stereocenters. The average Bonchev–Trinajstić information content (AvgIpc) is 2.53. The highest BCUT2D eigenvalue weighted by molar-refractivity contribution is 7.20. The quantitative estimate of drug-likeness (QED) is 0.864. The average molecular weight is 322 g/mol. The largest absolute Gasteiger partial charge is 0.478 e. The van der Waals surface area contributed by atoms with Gasteiger partial charge in [0.1, 0.15) is 4.34 Å². The van der Waals surface area contributed by atoms with Crippen molar-refractivity contribution in [3.05, 3.63) is 54.7 Å². The minimum absolute atomic E-state index is 0.0756. The summed E-state index contributed by atoms with van der Waals surface area (Å²) in [6, 6.07) is 7.19.